The van der Waals surface area contributed by atoms with Crippen molar-refractivity contribution in [1.82, 2.24) is 10.3 Å². The van der Waals surface area contributed by atoms with Crippen LogP contribution in [-0.4, -0.2) is 22.7 Å². The van der Waals surface area contributed by atoms with E-state index < -0.39 is 26.0 Å². The summed E-state index contributed by atoms with van der Waals surface area (Å²) in [5, 5.41) is 1.62. The molecule has 0 saturated carbocycles. The van der Waals surface area contributed by atoms with Crippen LogP contribution in [0.1, 0.15) is 27.0 Å². The molecule has 3 N–H and O–H groups in total. The van der Waals surface area contributed by atoms with Gasteiger partial charge in [0.2, 0.25) is 0 Å². The van der Waals surface area contributed by atoms with Crippen LogP contribution in [0.15, 0.2) is 63.0 Å². The molecular formula is C20H21N3O5S3. The molecule has 0 bridgehead atoms. The molecule has 0 spiro atoms. The normalized spacial score (nSPS) is 11.8. The van der Waals surface area contributed by atoms with E-state index in [0.717, 1.165) is 16.9 Å². The van der Waals surface area contributed by atoms with Crippen LogP contribution in [-0.2, 0) is 20.0 Å². The van der Waals surface area contributed by atoms with Crippen molar-refractivity contribution >= 4 is 43.0 Å². The molecule has 3 aromatic rings. The van der Waals surface area contributed by atoms with Gasteiger partial charge in [0.25, 0.3) is 26.0 Å². The van der Waals surface area contributed by atoms with E-state index >= 15 is 0 Å². The molecule has 0 atom stereocenters. The van der Waals surface area contributed by atoms with Gasteiger partial charge in [-0.3, -0.25) is 14.9 Å². The fourth-order valence-electron chi connectivity index (χ4n) is 3.20. The van der Waals surface area contributed by atoms with Gasteiger partial charge in [-0.25, -0.2) is 16.8 Å². The van der Waals surface area contributed by atoms with E-state index in [4.69, 9.17) is 0 Å². The molecule has 8 nitrogen and oxygen atoms in total. The number of thiophene rings is 1. The molecule has 0 saturated heterocycles. The van der Waals surface area contributed by atoms with Gasteiger partial charge in [-0.2, -0.15) is 0 Å². The third-order valence-corrected chi connectivity index (χ3v) is 8.66. The zero-order valence-electron chi connectivity index (χ0n) is 17.0. The van der Waals surface area contributed by atoms with E-state index in [1.165, 1.54) is 18.2 Å². The first-order chi connectivity index (χ1) is 14.5. The number of hydrogen-bond donors (Lipinski definition) is 3. The van der Waals surface area contributed by atoms with Crippen molar-refractivity contribution < 1.29 is 21.6 Å². The molecule has 0 aliphatic carbocycles. The zero-order chi connectivity index (χ0) is 22.8. The summed E-state index contributed by atoms with van der Waals surface area (Å²) in [6.45, 7) is 5.20. The summed E-state index contributed by atoms with van der Waals surface area (Å²) in [5.74, 6) is -0.810. The Hall–Kier alpha value is -2.73. The number of amides is 1. The monoisotopic (exact) mass is 479 g/mol. The highest BCUT2D eigenvalue weighted by Crippen LogP contribution is 2.23. The first kappa shape index (κ1) is 22.9. The Balaban J connectivity index is 1.82. The number of nitrogens with one attached hydrogen (secondary N) is 3. The average Bonchev–Trinajstić information content (AvgIpc) is 3.21. The molecule has 1 heterocycles. The maximum atomic E-state index is 12.8. The van der Waals surface area contributed by atoms with E-state index in [1.807, 2.05) is 6.92 Å². The van der Waals surface area contributed by atoms with Crippen LogP contribution in [0.5, 0.6) is 0 Å². The minimum absolute atomic E-state index is 0.0234. The van der Waals surface area contributed by atoms with Crippen LogP contribution in [0, 0.1) is 20.8 Å². The Morgan fingerprint density at radius 3 is 2.13 bits per heavy atom. The zero-order valence-corrected chi connectivity index (χ0v) is 19.4. The van der Waals surface area contributed by atoms with Gasteiger partial charge < -0.3 is 0 Å². The van der Waals surface area contributed by atoms with E-state index in [2.05, 4.69) is 15.0 Å². The minimum atomic E-state index is -4.04. The molecule has 164 valence electrons. The van der Waals surface area contributed by atoms with Crippen molar-refractivity contribution in [3.63, 3.8) is 0 Å². The van der Waals surface area contributed by atoms with Gasteiger partial charge in [0, 0.05) is 0 Å². The van der Waals surface area contributed by atoms with Crippen molar-refractivity contribution in [2.75, 3.05) is 4.72 Å². The first-order valence-corrected chi connectivity index (χ1v) is 12.9. The van der Waals surface area contributed by atoms with Crippen LogP contribution < -0.4 is 15.0 Å². The van der Waals surface area contributed by atoms with Crippen molar-refractivity contribution in [3.8, 4) is 0 Å². The number of hydrogen-bond acceptors (Lipinski definition) is 6. The maximum absolute atomic E-state index is 12.8. The number of hydrazine groups is 1. The standard InChI is InChI=1S/C20H21N3O5S3/c1-13-11-14(2)19(15(3)12-13)31(27,28)23-21-20(24)16-7-4-5-8-17(16)22-30(25,26)18-9-6-10-29-18/h4-12,22-23H,1-3H3,(H,21,24). The Kier molecular flexibility index (Phi) is 6.51. The third kappa shape index (κ3) is 5.13. The van der Waals surface area contributed by atoms with Crippen molar-refractivity contribution in [3.05, 3.63) is 76.2 Å². The van der Waals surface area contributed by atoms with Gasteiger partial charge in [0.1, 0.15) is 4.21 Å². The molecule has 2 aromatic carbocycles. The molecule has 0 aliphatic rings. The Labute approximate surface area is 185 Å². The number of carbonyl (C=O) groups excluding carboxylic acids is 1. The second-order valence-electron chi connectivity index (χ2n) is 6.87. The Morgan fingerprint density at radius 1 is 0.871 bits per heavy atom. The molecule has 0 aliphatic heterocycles. The summed E-state index contributed by atoms with van der Waals surface area (Å²) in [6.07, 6.45) is 0. The summed E-state index contributed by atoms with van der Waals surface area (Å²) in [4.78, 5) is 14.8. The fourth-order valence-corrected chi connectivity index (χ4v) is 6.57. The molecule has 0 unspecified atom stereocenters. The van der Waals surface area contributed by atoms with Gasteiger partial charge in [-0.1, -0.05) is 35.9 Å². The second kappa shape index (κ2) is 8.79. The summed E-state index contributed by atoms with van der Waals surface area (Å²) in [6, 6.07) is 12.4. The lowest BCUT2D eigenvalue weighted by Crippen LogP contribution is -2.42. The molecular weight excluding hydrogens is 458 g/mol. The lowest BCUT2D eigenvalue weighted by Gasteiger charge is -2.15. The fraction of sp³-hybridized carbons (Fsp3) is 0.150. The quantitative estimate of drug-likeness (QED) is 0.450. The maximum Gasteiger partial charge on any atom is 0.271 e. The first-order valence-electron chi connectivity index (χ1n) is 9.06. The molecule has 1 amide bonds. The van der Waals surface area contributed by atoms with Gasteiger partial charge in [0.05, 0.1) is 16.1 Å². The predicted octanol–water partition coefficient (Wildman–Crippen LogP) is 3.10. The van der Waals surface area contributed by atoms with Gasteiger partial charge in [0.15, 0.2) is 0 Å². The Bertz CT molecular complexity index is 1310. The van der Waals surface area contributed by atoms with E-state index in [0.29, 0.717) is 11.1 Å². The lowest BCUT2D eigenvalue weighted by molar-refractivity contribution is 0.0946. The van der Waals surface area contributed by atoms with Crippen molar-refractivity contribution in [2.45, 2.75) is 29.9 Å². The minimum Gasteiger partial charge on any atom is -0.278 e. The molecule has 3 rings (SSSR count). The third-order valence-electron chi connectivity index (χ3n) is 4.35. The van der Waals surface area contributed by atoms with Crippen LogP contribution in [0.4, 0.5) is 5.69 Å². The summed E-state index contributed by atoms with van der Waals surface area (Å²) in [7, 11) is -7.92. The summed E-state index contributed by atoms with van der Waals surface area (Å²) in [5.41, 5.74) is 4.15. The SMILES string of the molecule is Cc1cc(C)c(S(=O)(=O)NNC(=O)c2ccccc2NS(=O)(=O)c2cccs2)c(C)c1. The highest BCUT2D eigenvalue weighted by atomic mass is 32.2. The number of anilines is 1. The summed E-state index contributed by atoms with van der Waals surface area (Å²) >= 11 is 1.04. The lowest BCUT2D eigenvalue weighted by atomic mass is 10.1. The topological polar surface area (TPSA) is 121 Å². The van der Waals surface area contributed by atoms with Crippen LogP contribution in [0.2, 0.25) is 0 Å². The molecule has 11 heteroatoms. The van der Waals surface area contributed by atoms with Crippen LogP contribution in [0.25, 0.3) is 0 Å². The van der Waals surface area contributed by atoms with Gasteiger partial charge >= 0.3 is 0 Å². The molecule has 1 aromatic heterocycles. The Morgan fingerprint density at radius 2 is 1.52 bits per heavy atom. The van der Waals surface area contributed by atoms with E-state index in [9.17, 15) is 21.6 Å². The van der Waals surface area contributed by atoms with Crippen LogP contribution >= 0.6 is 11.3 Å². The molecule has 31 heavy (non-hydrogen) atoms. The highest BCUT2D eigenvalue weighted by Gasteiger charge is 2.23. The van der Waals surface area contributed by atoms with Gasteiger partial charge in [-0.15, -0.1) is 16.2 Å². The van der Waals surface area contributed by atoms with Gasteiger partial charge in [-0.05, 0) is 55.5 Å². The smallest absolute Gasteiger partial charge is 0.271 e. The van der Waals surface area contributed by atoms with Crippen molar-refractivity contribution in [1.29, 1.82) is 0 Å². The van der Waals surface area contributed by atoms with E-state index in [1.54, 1.807) is 49.6 Å². The number of rotatable bonds is 7. The highest BCUT2D eigenvalue weighted by molar-refractivity contribution is 7.94. The largest absolute Gasteiger partial charge is 0.278 e. The number of para-hydroxylation sites is 1. The molecule has 0 radical (unpaired) electrons. The number of aryl methyl sites for hydroxylation is 3. The molecule has 0 fully saturated rings. The predicted molar refractivity (Wildman–Crippen MR) is 120 cm³/mol. The number of sulfonamides is 2. The van der Waals surface area contributed by atoms with E-state index in [-0.39, 0.29) is 20.4 Å². The summed E-state index contributed by atoms with van der Waals surface area (Å²) < 4.78 is 53.0. The number of carbonyl (C=O) groups is 1. The van der Waals surface area contributed by atoms with Crippen LogP contribution in [0.3, 0.4) is 0 Å². The second-order valence-corrected chi connectivity index (χ2v) is 11.3. The average molecular weight is 480 g/mol. The number of benzene rings is 2. The van der Waals surface area contributed by atoms with Crippen molar-refractivity contribution in [2.24, 2.45) is 0 Å².